The van der Waals surface area contributed by atoms with Crippen LogP contribution in [-0.4, -0.2) is 35.6 Å². The molecule has 1 aliphatic carbocycles. The van der Waals surface area contributed by atoms with Crippen molar-refractivity contribution in [3.05, 3.63) is 35.1 Å². The van der Waals surface area contributed by atoms with E-state index in [1.54, 1.807) is 23.9 Å². The monoisotopic (exact) mass is 378 g/mol. The summed E-state index contributed by atoms with van der Waals surface area (Å²) >= 11 is 1.63. The summed E-state index contributed by atoms with van der Waals surface area (Å²) in [5.74, 6) is 0.556. The van der Waals surface area contributed by atoms with Gasteiger partial charge in [0.1, 0.15) is 5.82 Å². The third-order valence-corrected chi connectivity index (χ3v) is 6.10. The normalized spacial score (nSPS) is 23.3. The van der Waals surface area contributed by atoms with E-state index < -0.39 is 0 Å². The van der Waals surface area contributed by atoms with Gasteiger partial charge in [0.05, 0.1) is 5.92 Å². The Morgan fingerprint density at radius 2 is 2.08 bits per heavy atom. The molecule has 1 saturated carbocycles. The van der Waals surface area contributed by atoms with E-state index in [2.05, 4.69) is 5.32 Å². The van der Waals surface area contributed by atoms with Gasteiger partial charge in [-0.15, -0.1) is 0 Å². The maximum Gasteiger partial charge on any atom is 0.225 e. The number of hydrogen-bond acceptors (Lipinski definition) is 3. The summed E-state index contributed by atoms with van der Waals surface area (Å²) in [6.45, 7) is 1.19. The van der Waals surface area contributed by atoms with Crippen molar-refractivity contribution in [2.75, 3.05) is 12.8 Å². The van der Waals surface area contributed by atoms with Crippen molar-refractivity contribution >= 4 is 23.6 Å². The number of carbonyl (C=O) groups excluding carboxylic acids is 2. The van der Waals surface area contributed by atoms with Gasteiger partial charge in [-0.25, -0.2) is 4.39 Å². The largest absolute Gasteiger partial charge is 0.352 e. The van der Waals surface area contributed by atoms with Crippen molar-refractivity contribution in [3.63, 3.8) is 0 Å². The number of nitrogens with zero attached hydrogens (tertiary/aromatic N) is 1. The van der Waals surface area contributed by atoms with E-state index in [1.807, 2.05) is 11.2 Å². The maximum absolute atomic E-state index is 13.5. The number of benzene rings is 1. The average Bonchev–Trinajstić information content (AvgIpc) is 3.07. The maximum atomic E-state index is 13.5. The SMILES string of the molecule is CSCc1cc(F)ccc1CNC(=O)[C@@H]1CCCC[C@@H]1N1CCCC1=O. The van der Waals surface area contributed by atoms with E-state index in [9.17, 15) is 14.0 Å². The highest BCUT2D eigenvalue weighted by molar-refractivity contribution is 7.97. The molecule has 2 aliphatic rings. The Kier molecular flexibility index (Phi) is 6.57. The van der Waals surface area contributed by atoms with Gasteiger partial charge < -0.3 is 10.2 Å². The average molecular weight is 379 g/mol. The summed E-state index contributed by atoms with van der Waals surface area (Å²) < 4.78 is 13.5. The molecule has 26 heavy (non-hydrogen) atoms. The van der Waals surface area contributed by atoms with Crippen LogP contribution in [0.4, 0.5) is 4.39 Å². The zero-order valence-electron chi connectivity index (χ0n) is 15.3. The first-order valence-corrected chi connectivity index (χ1v) is 10.8. The molecule has 4 nitrogen and oxygen atoms in total. The van der Waals surface area contributed by atoms with Crippen LogP contribution in [0.1, 0.15) is 49.7 Å². The van der Waals surface area contributed by atoms with Crippen LogP contribution < -0.4 is 5.32 Å². The number of thioether (sulfide) groups is 1. The first-order valence-electron chi connectivity index (χ1n) is 9.43. The molecule has 0 unspecified atom stereocenters. The van der Waals surface area contributed by atoms with Gasteiger partial charge in [0.25, 0.3) is 0 Å². The van der Waals surface area contributed by atoms with Crippen LogP contribution in [0.3, 0.4) is 0 Å². The van der Waals surface area contributed by atoms with Gasteiger partial charge in [-0.1, -0.05) is 18.9 Å². The number of rotatable bonds is 6. The summed E-state index contributed by atoms with van der Waals surface area (Å²) in [6, 6.07) is 4.78. The number of amides is 2. The molecule has 2 fully saturated rings. The lowest BCUT2D eigenvalue weighted by Crippen LogP contribution is -2.48. The minimum atomic E-state index is -0.246. The number of nitrogens with one attached hydrogen (secondary N) is 1. The molecule has 6 heteroatoms. The van der Waals surface area contributed by atoms with E-state index in [-0.39, 0.29) is 29.6 Å². The van der Waals surface area contributed by atoms with Gasteiger partial charge in [-0.05, 0) is 48.8 Å². The lowest BCUT2D eigenvalue weighted by atomic mass is 9.83. The highest BCUT2D eigenvalue weighted by Crippen LogP contribution is 2.31. The molecule has 1 aliphatic heterocycles. The summed E-state index contributed by atoms with van der Waals surface area (Å²) in [5, 5.41) is 3.05. The van der Waals surface area contributed by atoms with E-state index in [0.717, 1.165) is 55.5 Å². The van der Waals surface area contributed by atoms with Crippen LogP contribution in [-0.2, 0) is 21.9 Å². The van der Waals surface area contributed by atoms with Crippen molar-refractivity contribution < 1.29 is 14.0 Å². The molecule has 0 bridgehead atoms. The van der Waals surface area contributed by atoms with Crippen molar-refractivity contribution in [1.82, 2.24) is 10.2 Å². The molecular formula is C20H27FN2O2S. The lowest BCUT2D eigenvalue weighted by Gasteiger charge is -2.37. The third-order valence-electron chi connectivity index (χ3n) is 5.50. The first kappa shape index (κ1) is 19.2. The van der Waals surface area contributed by atoms with Crippen LogP contribution in [0.2, 0.25) is 0 Å². The minimum Gasteiger partial charge on any atom is -0.352 e. The van der Waals surface area contributed by atoms with Crippen LogP contribution in [0, 0.1) is 11.7 Å². The van der Waals surface area contributed by atoms with Crippen LogP contribution >= 0.6 is 11.8 Å². The number of halogens is 1. The molecule has 2 amide bonds. The summed E-state index contributed by atoms with van der Waals surface area (Å²) in [4.78, 5) is 26.9. The Bertz CT molecular complexity index is 667. The van der Waals surface area contributed by atoms with Gasteiger partial charge in [0.15, 0.2) is 0 Å². The molecule has 1 heterocycles. The van der Waals surface area contributed by atoms with Crippen LogP contribution in [0.25, 0.3) is 0 Å². The molecule has 0 aromatic heterocycles. The highest BCUT2D eigenvalue weighted by atomic mass is 32.2. The zero-order valence-corrected chi connectivity index (χ0v) is 16.1. The smallest absolute Gasteiger partial charge is 0.225 e. The van der Waals surface area contributed by atoms with Crippen molar-refractivity contribution in [2.24, 2.45) is 5.92 Å². The molecule has 1 N–H and O–H groups in total. The summed E-state index contributed by atoms with van der Waals surface area (Å²) in [6.07, 6.45) is 7.35. The second-order valence-corrected chi connectivity index (χ2v) is 8.08. The van der Waals surface area contributed by atoms with Crippen molar-refractivity contribution in [3.8, 4) is 0 Å². The second kappa shape index (κ2) is 8.89. The number of hydrogen-bond donors (Lipinski definition) is 1. The molecule has 0 radical (unpaired) electrons. The summed E-state index contributed by atoms with van der Waals surface area (Å²) in [7, 11) is 0. The minimum absolute atomic E-state index is 0.0221. The Morgan fingerprint density at radius 3 is 2.81 bits per heavy atom. The molecule has 2 atom stereocenters. The van der Waals surface area contributed by atoms with Crippen molar-refractivity contribution in [1.29, 1.82) is 0 Å². The van der Waals surface area contributed by atoms with Gasteiger partial charge in [-0.3, -0.25) is 9.59 Å². The molecule has 3 rings (SSSR count). The lowest BCUT2D eigenvalue weighted by molar-refractivity contribution is -0.135. The van der Waals surface area contributed by atoms with Gasteiger partial charge in [0, 0.05) is 31.3 Å². The van der Waals surface area contributed by atoms with Crippen LogP contribution in [0.5, 0.6) is 0 Å². The number of carbonyl (C=O) groups is 2. The molecule has 0 spiro atoms. The van der Waals surface area contributed by atoms with Gasteiger partial charge in [0.2, 0.25) is 11.8 Å². The standard InChI is InChI=1S/C20H27FN2O2S/c1-26-13-15-11-16(21)9-8-14(15)12-22-20(25)17-5-2-3-6-18(17)23-10-4-7-19(23)24/h8-9,11,17-18H,2-7,10,12-13H2,1H3,(H,22,25)/t17-,18+/m1/s1. The fourth-order valence-electron chi connectivity index (χ4n) is 4.18. The van der Waals surface area contributed by atoms with Crippen molar-refractivity contribution in [2.45, 2.75) is 56.9 Å². The highest BCUT2D eigenvalue weighted by Gasteiger charge is 2.38. The van der Waals surface area contributed by atoms with E-state index in [1.165, 1.54) is 6.07 Å². The fourth-order valence-corrected chi connectivity index (χ4v) is 4.76. The molecule has 1 aromatic carbocycles. The Morgan fingerprint density at radius 1 is 1.27 bits per heavy atom. The predicted molar refractivity (Wildman–Crippen MR) is 102 cm³/mol. The first-order chi connectivity index (χ1) is 12.6. The quantitative estimate of drug-likeness (QED) is 0.824. The Balaban J connectivity index is 1.66. The van der Waals surface area contributed by atoms with Gasteiger partial charge >= 0.3 is 0 Å². The van der Waals surface area contributed by atoms with E-state index in [4.69, 9.17) is 0 Å². The van der Waals surface area contributed by atoms with Gasteiger partial charge in [-0.2, -0.15) is 11.8 Å². The Labute approximate surface area is 158 Å². The molecular weight excluding hydrogens is 351 g/mol. The zero-order chi connectivity index (χ0) is 18.5. The molecule has 142 valence electrons. The van der Waals surface area contributed by atoms with E-state index >= 15 is 0 Å². The number of likely N-dealkylation sites (tertiary alicyclic amines) is 1. The molecule has 1 saturated heterocycles. The third kappa shape index (κ3) is 4.40. The topological polar surface area (TPSA) is 49.4 Å². The molecule has 1 aromatic rings. The van der Waals surface area contributed by atoms with E-state index in [0.29, 0.717) is 13.0 Å². The summed E-state index contributed by atoms with van der Waals surface area (Å²) in [5.41, 5.74) is 1.88. The Hall–Kier alpha value is -1.56. The van der Waals surface area contributed by atoms with Crippen LogP contribution in [0.15, 0.2) is 18.2 Å². The fraction of sp³-hybridized carbons (Fsp3) is 0.600. The second-order valence-electron chi connectivity index (χ2n) is 7.21. The predicted octanol–water partition coefficient (Wildman–Crippen LogP) is 3.49.